The van der Waals surface area contributed by atoms with Gasteiger partial charge in [0.2, 0.25) is 5.95 Å². The Hall–Kier alpha value is -3.61. The molecular weight excluding hydrogens is 390 g/mol. The van der Waals surface area contributed by atoms with Crippen LogP contribution in [0.15, 0.2) is 60.7 Å². The first-order chi connectivity index (χ1) is 15.0. The number of nitrogens with zero attached hydrogens (tertiary/aromatic N) is 3. The number of carbonyl (C=O) groups excluding carboxylic acids is 1. The number of anilines is 4. The lowest BCUT2D eigenvalue weighted by atomic mass is 10.2. The molecule has 7 nitrogen and oxygen atoms in total. The molecule has 0 saturated heterocycles. The molecule has 0 aliphatic rings. The number of aryl methyl sites for hydroxylation is 1. The molecule has 31 heavy (non-hydrogen) atoms. The molecule has 0 saturated carbocycles. The largest absolute Gasteiger partial charge is 0.481 e. The summed E-state index contributed by atoms with van der Waals surface area (Å²) < 4.78 is 5.67. The Labute approximate surface area is 183 Å². The molecule has 0 aliphatic heterocycles. The van der Waals surface area contributed by atoms with Gasteiger partial charge >= 0.3 is 0 Å². The third kappa shape index (κ3) is 6.18. The maximum atomic E-state index is 12.4. The Balaban J connectivity index is 1.62. The summed E-state index contributed by atoms with van der Waals surface area (Å²) in [6, 6.07) is 18.7. The van der Waals surface area contributed by atoms with E-state index in [1.54, 1.807) is 6.92 Å². The third-order valence-electron chi connectivity index (χ3n) is 4.76. The van der Waals surface area contributed by atoms with Gasteiger partial charge in [-0.05, 0) is 64.1 Å². The van der Waals surface area contributed by atoms with Crippen molar-refractivity contribution in [3.8, 4) is 5.75 Å². The van der Waals surface area contributed by atoms with E-state index >= 15 is 0 Å². The molecule has 0 unspecified atom stereocenters. The molecule has 7 heteroatoms. The number of hydrogen-bond acceptors (Lipinski definition) is 6. The molecule has 1 atom stereocenters. The number of nitrogens with one attached hydrogen (secondary N) is 2. The molecule has 0 fully saturated rings. The number of aromatic nitrogens is 2. The predicted octanol–water partition coefficient (Wildman–Crippen LogP) is 4.78. The molecule has 3 rings (SSSR count). The molecule has 3 aromatic rings. The average Bonchev–Trinajstić information content (AvgIpc) is 2.76. The summed E-state index contributed by atoms with van der Waals surface area (Å²) in [5, 5.41) is 6.11. The van der Waals surface area contributed by atoms with Crippen LogP contribution in [0, 0.1) is 6.92 Å². The zero-order chi connectivity index (χ0) is 22.2. The lowest BCUT2D eigenvalue weighted by Crippen LogP contribution is -2.30. The zero-order valence-electron chi connectivity index (χ0n) is 18.4. The number of ether oxygens (including phenoxy) is 1. The summed E-state index contributed by atoms with van der Waals surface area (Å²) in [5.74, 6) is 1.89. The molecule has 0 spiro atoms. The highest BCUT2D eigenvalue weighted by Crippen LogP contribution is 2.20. The van der Waals surface area contributed by atoms with Crippen LogP contribution in [0.5, 0.6) is 5.75 Å². The normalized spacial score (nSPS) is 11.5. The minimum Gasteiger partial charge on any atom is -0.481 e. The second kappa shape index (κ2) is 10.4. The molecule has 0 bridgehead atoms. The molecule has 1 amide bonds. The van der Waals surface area contributed by atoms with Crippen LogP contribution < -0.4 is 20.3 Å². The Bertz CT molecular complexity index is 989. The van der Waals surface area contributed by atoms with Crippen molar-refractivity contribution < 1.29 is 9.53 Å². The predicted molar refractivity (Wildman–Crippen MR) is 125 cm³/mol. The van der Waals surface area contributed by atoms with Gasteiger partial charge in [0.05, 0.1) is 0 Å². The summed E-state index contributed by atoms with van der Waals surface area (Å²) in [7, 11) is 0. The number of benzene rings is 2. The SMILES string of the molecule is CCN(CC)c1cc(C)nc(Nc2ccc(NC(=O)[C@H](C)Oc3ccccc3)cc2)n1. The number of rotatable bonds is 9. The molecule has 0 aliphatic carbocycles. The molecule has 1 heterocycles. The Morgan fingerprint density at radius 3 is 2.29 bits per heavy atom. The fraction of sp³-hybridized carbons (Fsp3) is 0.292. The topological polar surface area (TPSA) is 79.4 Å². The van der Waals surface area contributed by atoms with Gasteiger partial charge in [0, 0.05) is 36.2 Å². The van der Waals surface area contributed by atoms with E-state index in [1.807, 2.05) is 67.6 Å². The second-order valence-electron chi connectivity index (χ2n) is 7.13. The number of amides is 1. The fourth-order valence-electron chi connectivity index (χ4n) is 3.08. The smallest absolute Gasteiger partial charge is 0.265 e. The van der Waals surface area contributed by atoms with Crippen LogP contribution in [0.2, 0.25) is 0 Å². The maximum absolute atomic E-state index is 12.4. The van der Waals surface area contributed by atoms with Crippen molar-refractivity contribution in [1.29, 1.82) is 0 Å². The molecule has 2 N–H and O–H groups in total. The first-order valence-corrected chi connectivity index (χ1v) is 10.5. The van der Waals surface area contributed by atoms with Crippen molar-refractivity contribution in [1.82, 2.24) is 9.97 Å². The minimum absolute atomic E-state index is 0.213. The molecule has 1 aromatic heterocycles. The van der Waals surface area contributed by atoms with Gasteiger partial charge in [0.25, 0.3) is 5.91 Å². The van der Waals surface area contributed by atoms with Gasteiger partial charge in [-0.25, -0.2) is 4.98 Å². The van der Waals surface area contributed by atoms with Crippen LogP contribution in [-0.4, -0.2) is 35.1 Å². The summed E-state index contributed by atoms with van der Waals surface area (Å²) >= 11 is 0. The van der Waals surface area contributed by atoms with Gasteiger partial charge in [-0.15, -0.1) is 0 Å². The van der Waals surface area contributed by atoms with Crippen molar-refractivity contribution in [2.24, 2.45) is 0 Å². The fourth-order valence-corrected chi connectivity index (χ4v) is 3.08. The van der Waals surface area contributed by atoms with Crippen LogP contribution in [0.3, 0.4) is 0 Å². The van der Waals surface area contributed by atoms with E-state index in [9.17, 15) is 4.79 Å². The zero-order valence-corrected chi connectivity index (χ0v) is 18.4. The third-order valence-corrected chi connectivity index (χ3v) is 4.76. The summed E-state index contributed by atoms with van der Waals surface area (Å²) in [4.78, 5) is 23.7. The van der Waals surface area contributed by atoms with Crippen molar-refractivity contribution in [3.05, 3.63) is 66.4 Å². The van der Waals surface area contributed by atoms with E-state index in [0.717, 1.165) is 30.3 Å². The lowest BCUT2D eigenvalue weighted by Gasteiger charge is -2.20. The molecular formula is C24H29N5O2. The van der Waals surface area contributed by atoms with Crippen LogP contribution in [0.1, 0.15) is 26.5 Å². The lowest BCUT2D eigenvalue weighted by molar-refractivity contribution is -0.122. The van der Waals surface area contributed by atoms with E-state index in [2.05, 4.69) is 39.3 Å². The molecule has 2 aromatic carbocycles. The van der Waals surface area contributed by atoms with Gasteiger partial charge in [0.1, 0.15) is 11.6 Å². The van der Waals surface area contributed by atoms with Gasteiger partial charge in [-0.3, -0.25) is 4.79 Å². The highest BCUT2D eigenvalue weighted by molar-refractivity contribution is 5.94. The van der Waals surface area contributed by atoms with Crippen molar-refractivity contribution >= 4 is 29.0 Å². The Morgan fingerprint density at radius 1 is 1.00 bits per heavy atom. The first-order valence-electron chi connectivity index (χ1n) is 10.5. The van der Waals surface area contributed by atoms with E-state index in [-0.39, 0.29) is 5.91 Å². The van der Waals surface area contributed by atoms with Gasteiger partial charge < -0.3 is 20.3 Å². The Kier molecular flexibility index (Phi) is 7.43. The Morgan fingerprint density at radius 2 is 1.65 bits per heavy atom. The molecule has 0 radical (unpaired) electrons. The summed E-state index contributed by atoms with van der Waals surface area (Å²) in [5.41, 5.74) is 2.42. The highest BCUT2D eigenvalue weighted by atomic mass is 16.5. The monoisotopic (exact) mass is 419 g/mol. The van der Waals surface area contributed by atoms with E-state index in [0.29, 0.717) is 17.4 Å². The standard InChI is InChI=1S/C24H29N5O2/c1-5-29(6-2)22-16-17(3)25-24(28-22)27-20-14-12-19(13-15-20)26-23(30)18(4)31-21-10-8-7-9-11-21/h7-16,18H,5-6H2,1-4H3,(H,26,30)(H,25,27,28)/t18-/m0/s1. The number of para-hydroxylation sites is 1. The van der Waals surface area contributed by atoms with E-state index in [4.69, 9.17) is 4.74 Å². The number of carbonyl (C=O) groups is 1. The van der Waals surface area contributed by atoms with Crippen molar-refractivity contribution in [2.45, 2.75) is 33.8 Å². The van der Waals surface area contributed by atoms with Crippen molar-refractivity contribution in [3.63, 3.8) is 0 Å². The average molecular weight is 420 g/mol. The van der Waals surface area contributed by atoms with Gasteiger partial charge in [0.15, 0.2) is 6.10 Å². The van der Waals surface area contributed by atoms with Crippen LogP contribution >= 0.6 is 0 Å². The van der Waals surface area contributed by atoms with Crippen LogP contribution in [0.4, 0.5) is 23.1 Å². The number of hydrogen-bond donors (Lipinski definition) is 2. The van der Waals surface area contributed by atoms with Crippen LogP contribution in [-0.2, 0) is 4.79 Å². The van der Waals surface area contributed by atoms with Gasteiger partial charge in [-0.2, -0.15) is 4.98 Å². The summed E-state index contributed by atoms with van der Waals surface area (Å²) in [6.07, 6.45) is -0.612. The van der Waals surface area contributed by atoms with E-state index in [1.165, 1.54) is 0 Å². The maximum Gasteiger partial charge on any atom is 0.265 e. The minimum atomic E-state index is -0.612. The molecule has 162 valence electrons. The van der Waals surface area contributed by atoms with Gasteiger partial charge in [-0.1, -0.05) is 18.2 Å². The van der Waals surface area contributed by atoms with E-state index < -0.39 is 6.10 Å². The second-order valence-corrected chi connectivity index (χ2v) is 7.13. The quantitative estimate of drug-likeness (QED) is 0.520. The summed E-state index contributed by atoms with van der Waals surface area (Å²) in [6.45, 7) is 9.65. The highest BCUT2D eigenvalue weighted by Gasteiger charge is 2.15. The van der Waals surface area contributed by atoms with Crippen molar-refractivity contribution in [2.75, 3.05) is 28.6 Å². The first kappa shape index (κ1) is 22.1. The van der Waals surface area contributed by atoms with Crippen LogP contribution in [0.25, 0.3) is 0 Å².